The first kappa shape index (κ1) is 23.8. The molecular weight excluding hydrogens is 474 g/mol. The van der Waals surface area contributed by atoms with Crippen LogP contribution in [0.1, 0.15) is 29.2 Å². The molecule has 1 amide bonds. The molecule has 190 valence electrons. The van der Waals surface area contributed by atoms with Crippen LogP contribution in [0.3, 0.4) is 0 Å². The molecule has 1 atom stereocenters. The van der Waals surface area contributed by atoms with Gasteiger partial charge in [-0.3, -0.25) is 9.69 Å². The van der Waals surface area contributed by atoms with E-state index >= 15 is 0 Å². The summed E-state index contributed by atoms with van der Waals surface area (Å²) in [4.78, 5) is 22.8. The Kier molecular flexibility index (Phi) is 6.30. The minimum atomic E-state index is -0.241. The van der Waals surface area contributed by atoms with Gasteiger partial charge in [-0.25, -0.2) is 4.99 Å². The van der Waals surface area contributed by atoms with Crippen LogP contribution in [0, 0.1) is 0 Å². The van der Waals surface area contributed by atoms with Gasteiger partial charge in [0.1, 0.15) is 11.5 Å². The molecule has 0 spiro atoms. The molecule has 2 heterocycles. The number of ether oxygens (including phenoxy) is 2. The molecule has 0 radical (unpaired) electrons. The maximum atomic E-state index is 13.7. The molecule has 2 aliphatic heterocycles. The summed E-state index contributed by atoms with van der Waals surface area (Å²) in [7, 11) is 3.30. The highest BCUT2D eigenvalue weighted by molar-refractivity contribution is 6.04. The van der Waals surface area contributed by atoms with Crippen LogP contribution in [-0.2, 0) is 11.3 Å². The van der Waals surface area contributed by atoms with Gasteiger partial charge in [-0.1, -0.05) is 66.7 Å². The number of carbonyl (C=O) groups excluding carboxylic acids is 1. The Morgan fingerprint density at radius 2 is 1.68 bits per heavy atom. The van der Waals surface area contributed by atoms with Crippen molar-refractivity contribution < 1.29 is 14.3 Å². The molecule has 0 N–H and O–H groups in total. The van der Waals surface area contributed by atoms with E-state index in [9.17, 15) is 4.79 Å². The van der Waals surface area contributed by atoms with Crippen LogP contribution >= 0.6 is 0 Å². The molecule has 1 saturated heterocycles. The fraction of sp³-hybridized carbons (Fsp3) is 0.188. The highest BCUT2D eigenvalue weighted by atomic mass is 16.5. The van der Waals surface area contributed by atoms with E-state index in [0.717, 1.165) is 39.3 Å². The fourth-order valence-electron chi connectivity index (χ4n) is 5.23. The highest BCUT2D eigenvalue weighted by Gasteiger charge is 2.40. The molecule has 6 rings (SSSR count). The summed E-state index contributed by atoms with van der Waals surface area (Å²) in [6.07, 6.45) is 2.41. The van der Waals surface area contributed by atoms with Gasteiger partial charge >= 0.3 is 0 Å². The van der Waals surface area contributed by atoms with Crippen LogP contribution in [0.25, 0.3) is 16.8 Å². The van der Waals surface area contributed by atoms with E-state index in [4.69, 9.17) is 14.5 Å². The summed E-state index contributed by atoms with van der Waals surface area (Å²) in [5.74, 6) is 2.21. The summed E-state index contributed by atoms with van der Waals surface area (Å²) in [6, 6.07) is 30.3. The van der Waals surface area contributed by atoms with Crippen molar-refractivity contribution >= 4 is 28.7 Å². The summed E-state index contributed by atoms with van der Waals surface area (Å²) in [5, 5.41) is 2.32. The Bertz CT molecular complexity index is 1560. The van der Waals surface area contributed by atoms with Crippen LogP contribution in [0.15, 0.2) is 102 Å². The fourth-order valence-corrected chi connectivity index (χ4v) is 5.23. The number of fused-ring (bicyclic) bond motifs is 2. The Morgan fingerprint density at radius 3 is 2.47 bits per heavy atom. The average Bonchev–Trinajstić information content (AvgIpc) is 3.30. The lowest BCUT2D eigenvalue weighted by atomic mass is 9.99. The molecule has 4 aromatic rings. The lowest BCUT2D eigenvalue weighted by molar-refractivity contribution is -0.126. The zero-order valence-corrected chi connectivity index (χ0v) is 21.5. The molecule has 0 saturated carbocycles. The van der Waals surface area contributed by atoms with Crippen molar-refractivity contribution in [2.75, 3.05) is 20.8 Å². The number of guanidine groups is 1. The SMILES string of the molecule is COc1ccc(CN2C/C(=C/c3ccccc3)N3C(=O)C[C@@H](c4ccc5ccccc5c4)N=C23)c(OC)c1. The average molecular weight is 504 g/mol. The molecule has 0 aromatic heterocycles. The topological polar surface area (TPSA) is 54.4 Å². The van der Waals surface area contributed by atoms with Gasteiger partial charge in [0, 0.05) is 23.9 Å². The molecule has 0 bridgehead atoms. The van der Waals surface area contributed by atoms with Gasteiger partial charge in [0.15, 0.2) is 0 Å². The van der Waals surface area contributed by atoms with Crippen LogP contribution in [0.4, 0.5) is 0 Å². The number of hydrogen-bond donors (Lipinski definition) is 0. The van der Waals surface area contributed by atoms with Crippen molar-refractivity contribution in [1.29, 1.82) is 0 Å². The van der Waals surface area contributed by atoms with Crippen molar-refractivity contribution in [2.24, 2.45) is 4.99 Å². The van der Waals surface area contributed by atoms with Crippen molar-refractivity contribution in [3.63, 3.8) is 0 Å². The van der Waals surface area contributed by atoms with E-state index in [-0.39, 0.29) is 11.9 Å². The minimum Gasteiger partial charge on any atom is -0.497 e. The second-order valence-corrected chi connectivity index (χ2v) is 9.56. The summed E-state index contributed by atoms with van der Waals surface area (Å²) in [5.41, 5.74) is 4.02. The van der Waals surface area contributed by atoms with Gasteiger partial charge < -0.3 is 14.4 Å². The quantitative estimate of drug-likeness (QED) is 0.322. The van der Waals surface area contributed by atoms with Gasteiger partial charge in [-0.05, 0) is 46.2 Å². The van der Waals surface area contributed by atoms with Gasteiger partial charge in [0.2, 0.25) is 11.9 Å². The molecule has 4 aromatic carbocycles. The third-order valence-electron chi connectivity index (χ3n) is 7.16. The predicted octanol–water partition coefficient (Wildman–Crippen LogP) is 6.04. The second kappa shape index (κ2) is 10.1. The van der Waals surface area contributed by atoms with Gasteiger partial charge in [-0.2, -0.15) is 0 Å². The third kappa shape index (κ3) is 4.50. The zero-order valence-electron chi connectivity index (χ0n) is 21.5. The largest absolute Gasteiger partial charge is 0.497 e. The predicted molar refractivity (Wildman–Crippen MR) is 150 cm³/mol. The Balaban J connectivity index is 1.40. The monoisotopic (exact) mass is 503 g/mol. The summed E-state index contributed by atoms with van der Waals surface area (Å²) in [6.45, 7) is 1.12. The molecule has 0 aliphatic carbocycles. The Labute approximate surface area is 222 Å². The first-order chi connectivity index (χ1) is 18.6. The summed E-state index contributed by atoms with van der Waals surface area (Å²) >= 11 is 0. The molecule has 2 aliphatic rings. The molecule has 38 heavy (non-hydrogen) atoms. The maximum absolute atomic E-state index is 13.7. The number of carbonyl (C=O) groups is 1. The van der Waals surface area contributed by atoms with Crippen LogP contribution in [0.5, 0.6) is 11.5 Å². The number of methoxy groups -OCH3 is 2. The number of benzene rings is 4. The van der Waals surface area contributed by atoms with Gasteiger partial charge in [0.25, 0.3) is 0 Å². The zero-order chi connectivity index (χ0) is 26.1. The molecule has 6 nitrogen and oxygen atoms in total. The number of rotatable bonds is 6. The molecule has 6 heteroatoms. The number of nitrogens with zero attached hydrogens (tertiary/aromatic N) is 3. The van der Waals surface area contributed by atoms with Crippen molar-refractivity contribution in [3.8, 4) is 11.5 Å². The standard InChI is InChI=1S/C32H29N3O3/c1-37-28-15-14-26(30(18-28)38-2)20-34-21-27(16-22-8-4-3-5-9-22)35-31(36)19-29(33-32(34)35)25-13-12-23-10-6-7-11-24(23)17-25/h3-18,29H,19-21H2,1-2H3/b27-16-/t29-/m0/s1. The Hall–Kier alpha value is -4.58. The second-order valence-electron chi connectivity index (χ2n) is 9.56. The number of hydrogen-bond acceptors (Lipinski definition) is 5. The smallest absolute Gasteiger partial charge is 0.236 e. The normalized spacial score (nSPS) is 18.1. The molecule has 0 unspecified atom stereocenters. The third-order valence-corrected chi connectivity index (χ3v) is 7.16. The lowest BCUT2D eigenvalue weighted by Crippen LogP contribution is -2.41. The first-order valence-electron chi connectivity index (χ1n) is 12.7. The van der Waals surface area contributed by atoms with Crippen molar-refractivity contribution in [2.45, 2.75) is 19.0 Å². The Morgan fingerprint density at radius 1 is 0.895 bits per heavy atom. The lowest BCUT2D eigenvalue weighted by Gasteiger charge is -2.29. The van der Waals surface area contributed by atoms with Crippen molar-refractivity contribution in [1.82, 2.24) is 9.80 Å². The highest BCUT2D eigenvalue weighted by Crippen LogP contribution is 2.36. The van der Waals surface area contributed by atoms with E-state index in [1.54, 1.807) is 19.1 Å². The van der Waals surface area contributed by atoms with E-state index in [0.29, 0.717) is 25.5 Å². The van der Waals surface area contributed by atoms with E-state index < -0.39 is 0 Å². The molecular formula is C32H29N3O3. The number of aliphatic imine (C=N–C) groups is 1. The van der Waals surface area contributed by atoms with Gasteiger partial charge in [-0.15, -0.1) is 0 Å². The van der Waals surface area contributed by atoms with Crippen LogP contribution in [0.2, 0.25) is 0 Å². The van der Waals surface area contributed by atoms with Crippen molar-refractivity contribution in [3.05, 3.63) is 113 Å². The van der Waals surface area contributed by atoms with E-state index in [1.165, 1.54) is 5.39 Å². The first-order valence-corrected chi connectivity index (χ1v) is 12.7. The summed E-state index contributed by atoms with van der Waals surface area (Å²) < 4.78 is 11.0. The van der Waals surface area contributed by atoms with E-state index in [1.807, 2.05) is 60.7 Å². The van der Waals surface area contributed by atoms with Gasteiger partial charge in [0.05, 0.1) is 33.2 Å². The van der Waals surface area contributed by atoms with Crippen LogP contribution in [-0.4, -0.2) is 42.4 Å². The number of amides is 1. The maximum Gasteiger partial charge on any atom is 0.236 e. The van der Waals surface area contributed by atoms with Crippen LogP contribution < -0.4 is 9.47 Å². The molecule has 1 fully saturated rings. The minimum absolute atomic E-state index is 0.0551. The van der Waals surface area contributed by atoms with E-state index in [2.05, 4.69) is 41.3 Å².